The van der Waals surface area contributed by atoms with Gasteiger partial charge in [-0.25, -0.2) is 13.8 Å². The van der Waals surface area contributed by atoms with Crippen LogP contribution in [0.4, 0.5) is 8.78 Å². The molecular formula is C15H11BrF2N2S. The van der Waals surface area contributed by atoms with Crippen LogP contribution < -0.4 is 5.73 Å². The first kappa shape index (κ1) is 14.6. The maximum absolute atomic E-state index is 13.6. The van der Waals surface area contributed by atoms with Gasteiger partial charge < -0.3 is 5.73 Å². The second-order valence-corrected chi connectivity index (χ2v) is 6.56. The van der Waals surface area contributed by atoms with Crippen LogP contribution in [0.25, 0.3) is 10.2 Å². The lowest BCUT2D eigenvalue weighted by Crippen LogP contribution is -2.14. The molecule has 0 aliphatic heterocycles. The van der Waals surface area contributed by atoms with E-state index in [9.17, 15) is 8.78 Å². The molecule has 108 valence electrons. The highest BCUT2D eigenvalue weighted by Gasteiger charge is 2.18. The Morgan fingerprint density at radius 2 is 1.95 bits per heavy atom. The van der Waals surface area contributed by atoms with Gasteiger partial charge in [-0.3, -0.25) is 0 Å². The van der Waals surface area contributed by atoms with Crippen LogP contribution in [0.3, 0.4) is 0 Å². The van der Waals surface area contributed by atoms with E-state index in [2.05, 4.69) is 20.9 Å². The molecule has 1 heterocycles. The summed E-state index contributed by atoms with van der Waals surface area (Å²) in [4.78, 5) is 4.50. The van der Waals surface area contributed by atoms with Gasteiger partial charge in [0.15, 0.2) is 11.6 Å². The molecule has 0 saturated carbocycles. The van der Waals surface area contributed by atoms with Crippen LogP contribution in [0.2, 0.25) is 0 Å². The quantitative estimate of drug-likeness (QED) is 0.687. The minimum atomic E-state index is -0.910. The molecular weight excluding hydrogens is 358 g/mol. The van der Waals surface area contributed by atoms with Gasteiger partial charge in [-0.1, -0.05) is 18.2 Å². The Hall–Kier alpha value is -1.37. The van der Waals surface area contributed by atoms with Crippen LogP contribution in [0.1, 0.15) is 16.6 Å². The van der Waals surface area contributed by atoms with Crippen molar-refractivity contribution in [3.05, 3.63) is 63.1 Å². The van der Waals surface area contributed by atoms with E-state index in [0.717, 1.165) is 21.3 Å². The Balaban J connectivity index is 1.89. The Labute approximate surface area is 132 Å². The van der Waals surface area contributed by atoms with Crippen molar-refractivity contribution < 1.29 is 8.78 Å². The summed E-state index contributed by atoms with van der Waals surface area (Å²) in [7, 11) is 0. The van der Waals surface area contributed by atoms with Crippen LogP contribution in [-0.2, 0) is 6.42 Å². The first-order valence-electron chi connectivity index (χ1n) is 6.29. The van der Waals surface area contributed by atoms with Gasteiger partial charge in [0.1, 0.15) is 0 Å². The molecule has 0 amide bonds. The van der Waals surface area contributed by atoms with Gasteiger partial charge in [-0.15, -0.1) is 11.3 Å². The van der Waals surface area contributed by atoms with E-state index in [1.54, 1.807) is 11.3 Å². The van der Waals surface area contributed by atoms with Gasteiger partial charge in [-0.05, 0) is 39.7 Å². The number of halogens is 3. The summed E-state index contributed by atoms with van der Waals surface area (Å²) in [5, 5.41) is 0.875. The lowest BCUT2D eigenvalue weighted by Gasteiger charge is -2.13. The summed E-state index contributed by atoms with van der Waals surface area (Å²) in [6.07, 6.45) is 0.475. The van der Waals surface area contributed by atoms with Gasteiger partial charge >= 0.3 is 0 Å². The fraction of sp³-hybridized carbons (Fsp3) is 0.133. The van der Waals surface area contributed by atoms with Gasteiger partial charge in [0.2, 0.25) is 0 Å². The predicted octanol–water partition coefficient (Wildman–Crippen LogP) is 4.58. The van der Waals surface area contributed by atoms with Crippen LogP contribution in [0.15, 0.2) is 40.9 Å². The molecule has 21 heavy (non-hydrogen) atoms. The van der Waals surface area contributed by atoms with Crippen molar-refractivity contribution >= 4 is 37.5 Å². The number of nitrogens with zero attached hydrogens (tertiary/aromatic N) is 1. The molecule has 0 radical (unpaired) electrons. The molecule has 3 rings (SSSR count). The van der Waals surface area contributed by atoms with Crippen molar-refractivity contribution in [3.8, 4) is 0 Å². The van der Waals surface area contributed by atoms with E-state index in [4.69, 9.17) is 5.73 Å². The van der Waals surface area contributed by atoms with Crippen molar-refractivity contribution in [2.45, 2.75) is 12.5 Å². The third kappa shape index (κ3) is 2.84. The summed E-state index contributed by atoms with van der Waals surface area (Å²) in [5.41, 5.74) is 7.58. The Kier molecular flexibility index (Phi) is 4.01. The molecule has 0 bridgehead atoms. The molecule has 2 N–H and O–H groups in total. The second kappa shape index (κ2) is 5.79. The zero-order valence-electron chi connectivity index (χ0n) is 10.8. The predicted molar refractivity (Wildman–Crippen MR) is 84.3 cm³/mol. The van der Waals surface area contributed by atoms with E-state index in [1.165, 1.54) is 6.07 Å². The molecule has 0 aliphatic rings. The van der Waals surface area contributed by atoms with Gasteiger partial charge in [0.25, 0.3) is 0 Å². The number of hydrogen-bond donors (Lipinski definition) is 1. The Morgan fingerprint density at radius 1 is 1.19 bits per heavy atom. The maximum atomic E-state index is 13.6. The van der Waals surface area contributed by atoms with Crippen molar-refractivity contribution in [2.75, 3.05) is 0 Å². The molecule has 0 aliphatic carbocycles. The molecule has 6 heteroatoms. The molecule has 1 aromatic heterocycles. The van der Waals surface area contributed by atoms with Gasteiger partial charge in [-0.2, -0.15) is 0 Å². The molecule has 2 aromatic carbocycles. The Morgan fingerprint density at radius 3 is 2.71 bits per heavy atom. The zero-order valence-corrected chi connectivity index (χ0v) is 13.2. The van der Waals surface area contributed by atoms with Crippen molar-refractivity contribution in [2.24, 2.45) is 5.73 Å². The van der Waals surface area contributed by atoms with Crippen molar-refractivity contribution in [1.29, 1.82) is 0 Å². The monoisotopic (exact) mass is 368 g/mol. The summed E-state index contributed by atoms with van der Waals surface area (Å²) in [6, 6.07) is 9.96. The van der Waals surface area contributed by atoms with E-state index in [0.29, 0.717) is 12.0 Å². The highest BCUT2D eigenvalue weighted by Crippen LogP contribution is 2.30. The van der Waals surface area contributed by atoms with E-state index in [1.807, 2.05) is 24.3 Å². The maximum Gasteiger partial charge on any atom is 0.173 e. The van der Waals surface area contributed by atoms with E-state index < -0.39 is 17.7 Å². The van der Waals surface area contributed by atoms with Crippen LogP contribution in [0, 0.1) is 11.6 Å². The van der Waals surface area contributed by atoms with Crippen LogP contribution in [0.5, 0.6) is 0 Å². The van der Waals surface area contributed by atoms with Crippen molar-refractivity contribution in [3.63, 3.8) is 0 Å². The lowest BCUT2D eigenvalue weighted by molar-refractivity contribution is 0.500. The fourth-order valence-corrected chi connectivity index (χ4v) is 3.77. The summed E-state index contributed by atoms with van der Waals surface area (Å²) in [5.74, 6) is -1.80. The summed E-state index contributed by atoms with van der Waals surface area (Å²) < 4.78 is 27.9. The highest BCUT2D eigenvalue weighted by atomic mass is 79.9. The molecule has 0 saturated heterocycles. The third-order valence-electron chi connectivity index (χ3n) is 3.20. The van der Waals surface area contributed by atoms with Gasteiger partial charge in [0.05, 0.1) is 19.7 Å². The molecule has 2 nitrogen and oxygen atoms in total. The number of benzene rings is 2. The molecule has 0 spiro atoms. The van der Waals surface area contributed by atoms with Crippen molar-refractivity contribution in [1.82, 2.24) is 4.98 Å². The fourth-order valence-electron chi connectivity index (χ4n) is 2.13. The third-order valence-corrected chi connectivity index (χ3v) is 5.06. The second-order valence-electron chi connectivity index (χ2n) is 4.65. The van der Waals surface area contributed by atoms with E-state index in [-0.39, 0.29) is 4.47 Å². The highest BCUT2D eigenvalue weighted by molar-refractivity contribution is 9.10. The largest absolute Gasteiger partial charge is 0.324 e. The molecule has 3 aromatic rings. The zero-order chi connectivity index (χ0) is 15.0. The molecule has 1 unspecified atom stereocenters. The topological polar surface area (TPSA) is 38.9 Å². The first-order valence-corrected chi connectivity index (χ1v) is 7.90. The SMILES string of the molecule is NC(Cc1nc2ccccc2s1)c1ccc(F)c(F)c1Br. The lowest BCUT2D eigenvalue weighted by atomic mass is 10.0. The molecule has 0 fully saturated rings. The first-order chi connectivity index (χ1) is 10.1. The number of fused-ring (bicyclic) bond motifs is 1. The Bertz CT molecular complexity index is 770. The van der Waals surface area contributed by atoms with Gasteiger partial charge in [0, 0.05) is 12.5 Å². The standard InChI is InChI=1S/C15H11BrF2N2S/c16-14-8(5-6-9(17)15(14)18)10(19)7-13-20-11-3-1-2-4-12(11)21-13/h1-6,10H,7,19H2. The minimum absolute atomic E-state index is 0.0797. The summed E-state index contributed by atoms with van der Waals surface area (Å²) >= 11 is 4.63. The van der Waals surface area contributed by atoms with E-state index >= 15 is 0 Å². The average molecular weight is 369 g/mol. The number of para-hydroxylation sites is 1. The summed E-state index contributed by atoms with van der Waals surface area (Å²) in [6.45, 7) is 0. The molecule has 1 atom stereocenters. The van der Waals surface area contributed by atoms with Crippen LogP contribution in [-0.4, -0.2) is 4.98 Å². The number of nitrogens with two attached hydrogens (primary N) is 1. The normalized spacial score (nSPS) is 12.8. The smallest absolute Gasteiger partial charge is 0.173 e. The minimum Gasteiger partial charge on any atom is -0.324 e. The number of thiazole rings is 1. The number of hydrogen-bond acceptors (Lipinski definition) is 3. The number of rotatable bonds is 3. The number of aromatic nitrogens is 1. The van der Waals surface area contributed by atoms with Crippen LogP contribution >= 0.6 is 27.3 Å². The average Bonchev–Trinajstić information content (AvgIpc) is 2.86.